The molecular weight excluding hydrogens is 330 g/mol. The molecule has 1 aliphatic heterocycles. The summed E-state index contributed by atoms with van der Waals surface area (Å²) in [6.45, 7) is 0. The zero-order chi connectivity index (χ0) is 18.2. The van der Waals surface area contributed by atoms with Crippen molar-refractivity contribution in [2.75, 3.05) is 15.5 Å². The summed E-state index contributed by atoms with van der Waals surface area (Å²) in [4.78, 5) is 4.56. The highest BCUT2D eigenvalue weighted by molar-refractivity contribution is 6.02. The largest absolute Gasteiger partial charge is 0.397 e. The second kappa shape index (κ2) is 6.22. The molecule has 130 valence electrons. The highest BCUT2D eigenvalue weighted by atomic mass is 15.3. The quantitative estimate of drug-likeness (QED) is 0.368. The van der Waals surface area contributed by atoms with Crippen LogP contribution in [0.1, 0.15) is 0 Å². The van der Waals surface area contributed by atoms with Gasteiger partial charge in [0.25, 0.3) is 0 Å². The molecule has 0 aliphatic carbocycles. The molecule has 2 N–H and O–H groups in total. The molecule has 4 aromatic rings. The number of nitrogen functional groups attached to an aromatic ring is 1. The lowest BCUT2D eigenvalue weighted by molar-refractivity contribution is 1.17. The number of fused-ring (bicyclic) bond motifs is 2. The number of nitrogens with two attached hydrogens (primary N) is 1. The predicted molar refractivity (Wildman–Crippen MR) is 114 cm³/mol. The molecule has 3 nitrogen and oxygen atoms in total. The van der Waals surface area contributed by atoms with Gasteiger partial charge in [-0.05, 0) is 48.5 Å². The molecule has 27 heavy (non-hydrogen) atoms. The van der Waals surface area contributed by atoms with E-state index in [2.05, 4.69) is 88.7 Å². The lowest BCUT2D eigenvalue weighted by atomic mass is 10.0. The van der Waals surface area contributed by atoms with Crippen LogP contribution in [0.25, 0.3) is 0 Å². The third-order valence-corrected chi connectivity index (χ3v) is 4.92. The molecule has 0 fully saturated rings. The van der Waals surface area contributed by atoms with Crippen LogP contribution in [0.5, 0.6) is 0 Å². The van der Waals surface area contributed by atoms with Crippen molar-refractivity contribution in [1.29, 1.82) is 0 Å². The Morgan fingerprint density at radius 1 is 0.407 bits per heavy atom. The van der Waals surface area contributed by atoms with Crippen molar-refractivity contribution < 1.29 is 0 Å². The van der Waals surface area contributed by atoms with E-state index in [1.54, 1.807) is 0 Å². The molecule has 4 aromatic carbocycles. The number of rotatable bonds is 2. The molecule has 0 bridgehead atoms. The second-order valence-corrected chi connectivity index (χ2v) is 6.54. The molecule has 1 aliphatic rings. The van der Waals surface area contributed by atoms with Crippen LogP contribution >= 0.6 is 0 Å². The van der Waals surface area contributed by atoms with Crippen LogP contribution in [0.3, 0.4) is 0 Å². The molecule has 0 unspecified atom stereocenters. The molecule has 0 saturated carbocycles. The van der Waals surface area contributed by atoms with Gasteiger partial charge >= 0.3 is 0 Å². The standard InChI is InChI=1S/C24H19N3/c25-19-12-4-5-13-20(19)27-23-16-8-6-14-21(23)26(18-10-2-1-3-11-18)22-15-7-9-17-24(22)27/h1-17H,25H2. The lowest BCUT2D eigenvalue weighted by Crippen LogP contribution is -2.24. The molecule has 0 amide bonds. The Morgan fingerprint density at radius 2 is 0.815 bits per heavy atom. The average Bonchev–Trinajstić information content (AvgIpc) is 2.73. The van der Waals surface area contributed by atoms with Crippen molar-refractivity contribution >= 4 is 39.8 Å². The summed E-state index contributed by atoms with van der Waals surface area (Å²) in [6.07, 6.45) is 0. The van der Waals surface area contributed by atoms with E-state index in [0.717, 1.165) is 39.8 Å². The first-order valence-corrected chi connectivity index (χ1v) is 9.02. The van der Waals surface area contributed by atoms with Crippen LogP contribution in [0.15, 0.2) is 103 Å². The fourth-order valence-electron chi connectivity index (χ4n) is 3.75. The minimum atomic E-state index is 0.760. The second-order valence-electron chi connectivity index (χ2n) is 6.54. The maximum absolute atomic E-state index is 6.36. The van der Waals surface area contributed by atoms with E-state index in [1.165, 1.54) is 0 Å². The summed E-state index contributed by atoms with van der Waals surface area (Å²) in [6, 6.07) is 35.4. The summed E-state index contributed by atoms with van der Waals surface area (Å²) >= 11 is 0. The molecule has 1 heterocycles. The lowest BCUT2D eigenvalue weighted by Gasteiger charge is -2.40. The third-order valence-electron chi connectivity index (χ3n) is 4.92. The zero-order valence-corrected chi connectivity index (χ0v) is 14.8. The van der Waals surface area contributed by atoms with Crippen molar-refractivity contribution in [3.63, 3.8) is 0 Å². The number of hydrogen-bond donors (Lipinski definition) is 1. The minimum Gasteiger partial charge on any atom is -0.397 e. The molecule has 0 radical (unpaired) electrons. The maximum atomic E-state index is 6.36. The smallest absolute Gasteiger partial charge is 0.0704 e. The Bertz CT molecular complexity index is 1060. The number of nitrogens with zero attached hydrogens (tertiary/aromatic N) is 2. The fraction of sp³-hybridized carbons (Fsp3) is 0. The van der Waals surface area contributed by atoms with Crippen molar-refractivity contribution in [3.05, 3.63) is 103 Å². The summed E-state index contributed by atoms with van der Waals surface area (Å²) in [5, 5.41) is 0. The number of para-hydroxylation sites is 7. The molecule has 0 spiro atoms. The van der Waals surface area contributed by atoms with Crippen LogP contribution < -0.4 is 15.5 Å². The Labute approximate surface area is 158 Å². The first-order valence-electron chi connectivity index (χ1n) is 9.02. The van der Waals surface area contributed by atoms with Gasteiger partial charge in [0.05, 0.1) is 34.1 Å². The zero-order valence-electron chi connectivity index (χ0n) is 14.8. The van der Waals surface area contributed by atoms with E-state index in [1.807, 2.05) is 24.3 Å². The monoisotopic (exact) mass is 349 g/mol. The van der Waals surface area contributed by atoms with Gasteiger partial charge in [-0.15, -0.1) is 0 Å². The highest BCUT2D eigenvalue weighted by Crippen LogP contribution is 2.54. The fourth-order valence-corrected chi connectivity index (χ4v) is 3.75. The van der Waals surface area contributed by atoms with Gasteiger partial charge in [0.1, 0.15) is 0 Å². The van der Waals surface area contributed by atoms with Crippen molar-refractivity contribution in [2.45, 2.75) is 0 Å². The first-order chi connectivity index (χ1) is 13.3. The van der Waals surface area contributed by atoms with Crippen LogP contribution in [-0.2, 0) is 0 Å². The number of hydrogen-bond acceptors (Lipinski definition) is 3. The van der Waals surface area contributed by atoms with E-state index in [9.17, 15) is 0 Å². The SMILES string of the molecule is Nc1ccccc1N1c2ccccc2N(c2ccccc2)c2ccccc21. The summed E-state index contributed by atoms with van der Waals surface area (Å²) in [7, 11) is 0. The van der Waals surface area contributed by atoms with Crippen molar-refractivity contribution in [1.82, 2.24) is 0 Å². The summed E-state index contributed by atoms with van der Waals surface area (Å²) in [5.74, 6) is 0. The first kappa shape index (κ1) is 15.5. The topological polar surface area (TPSA) is 32.5 Å². The van der Waals surface area contributed by atoms with E-state index in [-0.39, 0.29) is 0 Å². The molecule has 5 rings (SSSR count). The predicted octanol–water partition coefficient (Wildman–Crippen LogP) is 6.52. The van der Waals surface area contributed by atoms with Crippen LogP contribution in [0, 0.1) is 0 Å². The Balaban J connectivity index is 1.82. The van der Waals surface area contributed by atoms with Crippen LogP contribution in [0.4, 0.5) is 39.8 Å². The van der Waals surface area contributed by atoms with Gasteiger partial charge in [0.2, 0.25) is 0 Å². The van der Waals surface area contributed by atoms with E-state index < -0.39 is 0 Å². The van der Waals surface area contributed by atoms with E-state index in [0.29, 0.717) is 0 Å². The molecule has 3 heteroatoms. The third kappa shape index (κ3) is 2.44. The van der Waals surface area contributed by atoms with Crippen molar-refractivity contribution in [3.8, 4) is 0 Å². The number of benzene rings is 4. The van der Waals surface area contributed by atoms with Gasteiger partial charge in [0.15, 0.2) is 0 Å². The van der Waals surface area contributed by atoms with Crippen molar-refractivity contribution in [2.24, 2.45) is 0 Å². The van der Waals surface area contributed by atoms with Crippen LogP contribution in [-0.4, -0.2) is 0 Å². The average molecular weight is 349 g/mol. The highest BCUT2D eigenvalue weighted by Gasteiger charge is 2.30. The van der Waals surface area contributed by atoms with Gasteiger partial charge in [-0.2, -0.15) is 0 Å². The normalized spacial score (nSPS) is 12.4. The molecule has 0 atom stereocenters. The van der Waals surface area contributed by atoms with Gasteiger partial charge in [-0.1, -0.05) is 54.6 Å². The summed E-state index contributed by atoms with van der Waals surface area (Å²) in [5.41, 5.74) is 13.7. The van der Waals surface area contributed by atoms with Gasteiger partial charge < -0.3 is 15.5 Å². The van der Waals surface area contributed by atoms with Gasteiger partial charge in [-0.25, -0.2) is 0 Å². The Morgan fingerprint density at radius 3 is 1.33 bits per heavy atom. The molecule has 0 saturated heterocycles. The Kier molecular flexibility index (Phi) is 3.58. The van der Waals surface area contributed by atoms with E-state index in [4.69, 9.17) is 5.73 Å². The minimum absolute atomic E-state index is 0.760. The van der Waals surface area contributed by atoms with Crippen LogP contribution in [0.2, 0.25) is 0 Å². The molecule has 0 aromatic heterocycles. The maximum Gasteiger partial charge on any atom is 0.0704 e. The Hall–Kier alpha value is -3.72. The number of anilines is 7. The molecular formula is C24H19N3. The summed E-state index contributed by atoms with van der Waals surface area (Å²) < 4.78 is 0. The van der Waals surface area contributed by atoms with E-state index >= 15 is 0 Å². The van der Waals surface area contributed by atoms with Gasteiger partial charge in [0, 0.05) is 5.69 Å². The van der Waals surface area contributed by atoms with Gasteiger partial charge in [-0.3, -0.25) is 0 Å².